The topological polar surface area (TPSA) is 86.6 Å². The van der Waals surface area contributed by atoms with Crippen molar-refractivity contribution in [1.82, 2.24) is 5.32 Å². The minimum Gasteiger partial charge on any atom is -0.479 e. The minimum absolute atomic E-state index is 0.391. The summed E-state index contributed by atoms with van der Waals surface area (Å²) < 4.78 is 0.814. The Labute approximate surface area is 135 Å². The van der Waals surface area contributed by atoms with E-state index < -0.39 is 24.0 Å². The number of hydrogen-bond donors (Lipinski definition) is 3. The van der Waals surface area contributed by atoms with Crippen molar-refractivity contribution in [2.45, 2.75) is 12.1 Å². The fourth-order valence-corrected chi connectivity index (χ4v) is 2.24. The van der Waals surface area contributed by atoms with E-state index in [9.17, 15) is 14.7 Å². The summed E-state index contributed by atoms with van der Waals surface area (Å²) in [6.07, 6.45) is -1.74. The van der Waals surface area contributed by atoms with Crippen molar-refractivity contribution in [3.05, 3.63) is 70.2 Å². The van der Waals surface area contributed by atoms with Crippen molar-refractivity contribution >= 4 is 27.8 Å². The number of aliphatic hydroxyl groups excluding tert-OH is 1. The van der Waals surface area contributed by atoms with Gasteiger partial charge < -0.3 is 15.5 Å². The predicted molar refractivity (Wildman–Crippen MR) is 84.4 cm³/mol. The summed E-state index contributed by atoms with van der Waals surface area (Å²) >= 11 is 3.28. The van der Waals surface area contributed by atoms with Crippen LogP contribution in [-0.4, -0.2) is 28.2 Å². The third kappa shape index (κ3) is 3.93. The maximum absolute atomic E-state index is 12.2. The quantitative estimate of drug-likeness (QED) is 0.760. The fourth-order valence-electron chi connectivity index (χ4n) is 1.97. The molecule has 0 bridgehead atoms. The highest BCUT2D eigenvalue weighted by atomic mass is 79.9. The molecule has 6 heteroatoms. The summed E-state index contributed by atoms with van der Waals surface area (Å²) in [6.45, 7) is 0. The molecule has 2 aromatic rings. The van der Waals surface area contributed by atoms with Crippen molar-refractivity contribution in [3.8, 4) is 0 Å². The highest BCUT2D eigenvalue weighted by Crippen LogP contribution is 2.21. The number of carbonyl (C=O) groups excluding carboxylic acids is 1. The Hall–Kier alpha value is -2.18. The van der Waals surface area contributed by atoms with E-state index in [4.69, 9.17) is 5.11 Å². The first-order valence-electron chi connectivity index (χ1n) is 6.51. The molecular weight excluding hydrogens is 350 g/mol. The summed E-state index contributed by atoms with van der Waals surface area (Å²) in [7, 11) is 0. The Morgan fingerprint density at radius 2 is 1.59 bits per heavy atom. The van der Waals surface area contributed by atoms with E-state index in [1.807, 2.05) is 0 Å². The lowest BCUT2D eigenvalue weighted by molar-refractivity contribution is -0.148. The van der Waals surface area contributed by atoms with Gasteiger partial charge in [-0.3, -0.25) is 4.79 Å². The van der Waals surface area contributed by atoms with Gasteiger partial charge in [-0.05, 0) is 29.8 Å². The number of benzene rings is 2. The van der Waals surface area contributed by atoms with Gasteiger partial charge in [0.25, 0.3) is 5.91 Å². The molecule has 1 amide bonds. The van der Waals surface area contributed by atoms with Crippen LogP contribution in [0.4, 0.5) is 0 Å². The second-order valence-corrected chi connectivity index (χ2v) is 5.57. The zero-order valence-electron chi connectivity index (χ0n) is 11.4. The molecule has 0 heterocycles. The normalized spacial score (nSPS) is 13.2. The number of carboxylic acid groups (broad SMARTS) is 1. The number of carboxylic acids is 1. The molecule has 0 spiro atoms. The first kappa shape index (κ1) is 16.2. The fraction of sp³-hybridized carbons (Fsp3) is 0.125. The Morgan fingerprint density at radius 1 is 1.00 bits per heavy atom. The van der Waals surface area contributed by atoms with Crippen molar-refractivity contribution in [2.24, 2.45) is 0 Å². The van der Waals surface area contributed by atoms with Crippen molar-refractivity contribution < 1.29 is 19.8 Å². The lowest BCUT2D eigenvalue weighted by Gasteiger charge is -2.22. The molecule has 0 saturated carbocycles. The van der Waals surface area contributed by atoms with Crippen LogP contribution in [0.15, 0.2) is 59.1 Å². The van der Waals surface area contributed by atoms with E-state index in [0.717, 1.165) is 4.47 Å². The van der Waals surface area contributed by atoms with E-state index in [1.54, 1.807) is 54.6 Å². The van der Waals surface area contributed by atoms with E-state index in [0.29, 0.717) is 11.1 Å². The Bertz CT molecular complexity index is 658. The summed E-state index contributed by atoms with van der Waals surface area (Å²) in [5, 5.41) is 21.5. The molecule has 0 saturated heterocycles. The van der Waals surface area contributed by atoms with E-state index >= 15 is 0 Å². The van der Waals surface area contributed by atoms with Gasteiger partial charge in [0.05, 0.1) is 6.04 Å². The van der Waals surface area contributed by atoms with Crippen LogP contribution < -0.4 is 5.32 Å². The van der Waals surface area contributed by atoms with E-state index in [1.165, 1.54) is 0 Å². The molecule has 0 aromatic heterocycles. The van der Waals surface area contributed by atoms with E-state index in [-0.39, 0.29) is 0 Å². The molecule has 0 aliphatic heterocycles. The first-order valence-corrected chi connectivity index (χ1v) is 7.30. The van der Waals surface area contributed by atoms with Gasteiger partial charge in [-0.15, -0.1) is 0 Å². The first-order chi connectivity index (χ1) is 10.5. The predicted octanol–water partition coefficient (Wildman–Crippen LogP) is 2.37. The average Bonchev–Trinajstić information content (AvgIpc) is 2.53. The average molecular weight is 364 g/mol. The molecule has 0 aliphatic carbocycles. The van der Waals surface area contributed by atoms with Gasteiger partial charge in [0.15, 0.2) is 6.10 Å². The number of hydrogen-bond acceptors (Lipinski definition) is 3. The molecular formula is C16H14BrNO4. The Kier molecular flexibility index (Phi) is 5.30. The van der Waals surface area contributed by atoms with Gasteiger partial charge in [0.2, 0.25) is 0 Å². The van der Waals surface area contributed by atoms with Crippen LogP contribution in [0.25, 0.3) is 0 Å². The van der Waals surface area contributed by atoms with Crippen LogP contribution in [0.5, 0.6) is 0 Å². The lowest BCUT2D eigenvalue weighted by atomic mass is 10.0. The highest BCUT2D eigenvalue weighted by molar-refractivity contribution is 9.10. The number of aliphatic hydroxyl groups is 1. The number of halogens is 1. The van der Waals surface area contributed by atoms with Crippen LogP contribution in [0.3, 0.4) is 0 Å². The Morgan fingerprint density at radius 3 is 2.14 bits per heavy atom. The number of carbonyl (C=O) groups is 2. The smallest absolute Gasteiger partial charge is 0.335 e. The summed E-state index contributed by atoms with van der Waals surface area (Å²) in [5.41, 5.74) is 0.893. The second kappa shape index (κ2) is 7.20. The van der Waals surface area contributed by atoms with Crippen molar-refractivity contribution in [2.75, 3.05) is 0 Å². The van der Waals surface area contributed by atoms with Gasteiger partial charge in [0.1, 0.15) is 0 Å². The molecule has 114 valence electrons. The molecule has 2 rings (SSSR count). The number of rotatable bonds is 5. The van der Waals surface area contributed by atoms with Crippen LogP contribution in [0, 0.1) is 0 Å². The molecule has 22 heavy (non-hydrogen) atoms. The highest BCUT2D eigenvalue weighted by Gasteiger charge is 2.29. The van der Waals surface area contributed by atoms with Gasteiger partial charge in [0, 0.05) is 10.0 Å². The summed E-state index contributed by atoms with van der Waals surface area (Å²) in [5.74, 6) is -1.85. The van der Waals surface area contributed by atoms with Crippen LogP contribution >= 0.6 is 15.9 Å². The van der Waals surface area contributed by atoms with Crippen LogP contribution in [0.1, 0.15) is 22.0 Å². The molecule has 2 aromatic carbocycles. The van der Waals surface area contributed by atoms with Gasteiger partial charge in [-0.25, -0.2) is 4.79 Å². The van der Waals surface area contributed by atoms with Gasteiger partial charge in [-0.1, -0.05) is 46.3 Å². The van der Waals surface area contributed by atoms with E-state index in [2.05, 4.69) is 21.2 Å². The zero-order valence-corrected chi connectivity index (χ0v) is 13.0. The second-order valence-electron chi connectivity index (χ2n) is 4.65. The molecule has 2 atom stereocenters. The van der Waals surface area contributed by atoms with Crippen LogP contribution in [-0.2, 0) is 4.79 Å². The van der Waals surface area contributed by atoms with Crippen LogP contribution in [0.2, 0.25) is 0 Å². The van der Waals surface area contributed by atoms with Crippen molar-refractivity contribution in [3.63, 3.8) is 0 Å². The molecule has 3 N–H and O–H groups in total. The number of amides is 1. The summed E-state index contributed by atoms with van der Waals surface area (Å²) in [4.78, 5) is 23.3. The number of nitrogens with one attached hydrogen (secondary N) is 1. The third-order valence-electron chi connectivity index (χ3n) is 3.12. The van der Waals surface area contributed by atoms with Gasteiger partial charge in [-0.2, -0.15) is 0 Å². The summed E-state index contributed by atoms with van der Waals surface area (Å²) in [6, 6.07) is 14.1. The maximum Gasteiger partial charge on any atom is 0.335 e. The monoisotopic (exact) mass is 363 g/mol. The minimum atomic E-state index is -1.74. The molecule has 0 unspecified atom stereocenters. The number of aliphatic carboxylic acids is 1. The SMILES string of the molecule is O=C(N[C@@H](c1ccc(Br)cc1)[C@H](O)C(=O)O)c1ccccc1. The zero-order chi connectivity index (χ0) is 16.1. The largest absolute Gasteiger partial charge is 0.479 e. The standard InChI is InChI=1S/C16H14BrNO4/c17-12-8-6-10(7-9-12)13(14(19)16(21)22)18-15(20)11-4-2-1-3-5-11/h1-9,13-14,19H,(H,18,20)(H,21,22)/t13-,14-/m0/s1. The molecule has 0 aliphatic rings. The molecule has 0 fully saturated rings. The van der Waals surface area contributed by atoms with Gasteiger partial charge >= 0.3 is 5.97 Å². The Balaban J connectivity index is 2.27. The maximum atomic E-state index is 12.2. The molecule has 0 radical (unpaired) electrons. The lowest BCUT2D eigenvalue weighted by Crippen LogP contribution is -2.40. The third-order valence-corrected chi connectivity index (χ3v) is 3.65. The van der Waals surface area contributed by atoms with Crippen molar-refractivity contribution in [1.29, 1.82) is 0 Å². The molecule has 5 nitrogen and oxygen atoms in total.